The lowest BCUT2D eigenvalue weighted by molar-refractivity contribution is -0.137. The third kappa shape index (κ3) is 4.22. The van der Waals surface area contributed by atoms with Crippen LogP contribution in [-0.4, -0.2) is 31.1 Å². The van der Waals surface area contributed by atoms with Crippen molar-refractivity contribution in [1.29, 1.82) is 0 Å². The molecule has 1 aromatic carbocycles. The van der Waals surface area contributed by atoms with Gasteiger partial charge in [0.1, 0.15) is 5.82 Å². The number of benzene rings is 1. The molecule has 0 aliphatic carbocycles. The Morgan fingerprint density at radius 2 is 1.81 bits per heavy atom. The highest BCUT2D eigenvalue weighted by molar-refractivity contribution is 6.30. The van der Waals surface area contributed by atoms with E-state index in [2.05, 4.69) is 5.32 Å². The summed E-state index contributed by atoms with van der Waals surface area (Å²) in [5.74, 6) is -0.773. The first-order chi connectivity index (χ1) is 9.30. The maximum Gasteiger partial charge on any atom is 0.416 e. The van der Waals surface area contributed by atoms with Gasteiger partial charge in [-0.2, -0.15) is 13.2 Å². The van der Waals surface area contributed by atoms with Crippen LogP contribution in [0.2, 0.25) is 5.02 Å². The quantitative estimate of drug-likeness (QED) is 0.817. The van der Waals surface area contributed by atoms with Crippen molar-refractivity contribution in [3.63, 3.8) is 0 Å². The minimum absolute atomic E-state index is 0. The molecule has 8 heteroatoms. The van der Waals surface area contributed by atoms with Crippen LogP contribution in [0.5, 0.6) is 0 Å². The van der Waals surface area contributed by atoms with E-state index in [0.29, 0.717) is 19.2 Å². The lowest BCUT2D eigenvalue weighted by Crippen LogP contribution is -2.44. The van der Waals surface area contributed by atoms with E-state index in [1.165, 1.54) is 0 Å². The third-order valence-electron chi connectivity index (χ3n) is 3.53. The molecule has 2 rings (SSSR count). The van der Waals surface area contributed by atoms with Crippen molar-refractivity contribution in [2.24, 2.45) is 0 Å². The van der Waals surface area contributed by atoms with E-state index >= 15 is 0 Å². The van der Waals surface area contributed by atoms with Gasteiger partial charge >= 0.3 is 6.18 Å². The molecular weight excluding hydrogens is 331 g/mol. The maximum absolute atomic E-state index is 14.0. The Balaban J connectivity index is 0.00000220. The summed E-state index contributed by atoms with van der Waals surface area (Å²) in [5, 5.41) is 2.65. The first kappa shape index (κ1) is 18.5. The first-order valence-electron chi connectivity index (χ1n) is 6.31. The second-order valence-corrected chi connectivity index (χ2v) is 5.23. The predicted molar refractivity (Wildman–Crippen MR) is 76.5 cm³/mol. The van der Waals surface area contributed by atoms with Gasteiger partial charge in [-0.25, -0.2) is 4.39 Å². The molecule has 1 aliphatic heterocycles. The average Bonchev–Trinajstić information content (AvgIpc) is 2.40. The fourth-order valence-electron chi connectivity index (χ4n) is 2.34. The van der Waals surface area contributed by atoms with E-state index in [1.807, 2.05) is 4.90 Å². The van der Waals surface area contributed by atoms with Crippen LogP contribution in [0.15, 0.2) is 12.1 Å². The molecule has 0 aromatic heterocycles. The Morgan fingerprint density at radius 3 is 2.33 bits per heavy atom. The molecule has 0 bridgehead atoms. The molecule has 0 unspecified atom stereocenters. The fraction of sp³-hybridized carbons (Fsp3) is 0.538. The van der Waals surface area contributed by atoms with Crippen molar-refractivity contribution in [1.82, 2.24) is 10.2 Å². The normalized spacial score (nSPS) is 18.2. The number of hydrogen-bond donors (Lipinski definition) is 1. The summed E-state index contributed by atoms with van der Waals surface area (Å²) in [4.78, 5) is 1.94. The molecule has 21 heavy (non-hydrogen) atoms. The van der Waals surface area contributed by atoms with Gasteiger partial charge in [0.15, 0.2) is 0 Å². The third-order valence-corrected chi connectivity index (χ3v) is 3.81. The zero-order valence-electron chi connectivity index (χ0n) is 11.3. The zero-order chi connectivity index (χ0) is 14.9. The number of rotatable bonds is 2. The van der Waals surface area contributed by atoms with Gasteiger partial charge < -0.3 is 5.32 Å². The van der Waals surface area contributed by atoms with Gasteiger partial charge in [0.05, 0.1) is 10.6 Å². The molecule has 0 saturated carbocycles. The van der Waals surface area contributed by atoms with Crippen LogP contribution >= 0.6 is 24.0 Å². The van der Waals surface area contributed by atoms with Crippen molar-refractivity contribution in [2.45, 2.75) is 19.1 Å². The van der Waals surface area contributed by atoms with E-state index in [-0.39, 0.29) is 18.0 Å². The van der Waals surface area contributed by atoms with Crippen LogP contribution in [0.3, 0.4) is 0 Å². The lowest BCUT2D eigenvalue weighted by atomic mass is 10.0. The van der Waals surface area contributed by atoms with Crippen LogP contribution in [-0.2, 0) is 6.18 Å². The van der Waals surface area contributed by atoms with Crippen LogP contribution in [0, 0.1) is 5.82 Å². The summed E-state index contributed by atoms with van der Waals surface area (Å²) in [5.41, 5.74) is -0.924. The molecule has 1 N–H and O–H groups in total. The average molecular weight is 347 g/mol. The summed E-state index contributed by atoms with van der Waals surface area (Å²) in [6.45, 7) is 4.49. The highest BCUT2D eigenvalue weighted by atomic mass is 35.5. The van der Waals surface area contributed by atoms with E-state index in [0.717, 1.165) is 19.2 Å². The predicted octanol–water partition coefficient (Wildman–Crippen LogP) is 3.89. The van der Waals surface area contributed by atoms with Gasteiger partial charge in [-0.05, 0) is 19.1 Å². The lowest BCUT2D eigenvalue weighted by Gasteiger charge is -2.33. The second-order valence-electron chi connectivity index (χ2n) is 4.82. The minimum atomic E-state index is -4.53. The first-order valence-corrected chi connectivity index (χ1v) is 6.69. The number of nitrogens with zero attached hydrogens (tertiary/aromatic N) is 1. The molecule has 120 valence electrons. The summed E-state index contributed by atoms with van der Waals surface area (Å²) in [6, 6.07) is 1.04. The Kier molecular flexibility index (Phi) is 6.28. The molecule has 1 saturated heterocycles. The smallest absolute Gasteiger partial charge is 0.314 e. The van der Waals surface area contributed by atoms with Crippen LogP contribution < -0.4 is 5.32 Å². The highest BCUT2D eigenvalue weighted by Gasteiger charge is 2.33. The number of alkyl halides is 3. The van der Waals surface area contributed by atoms with Gasteiger partial charge in [-0.1, -0.05) is 11.6 Å². The molecule has 1 heterocycles. The molecule has 0 amide bonds. The minimum Gasteiger partial charge on any atom is -0.314 e. The Hall–Kier alpha value is -0.560. The second kappa shape index (κ2) is 7.13. The molecule has 0 spiro atoms. The van der Waals surface area contributed by atoms with Crippen molar-refractivity contribution in [3.8, 4) is 0 Å². The highest BCUT2D eigenvalue weighted by Crippen LogP contribution is 2.36. The number of piperazine rings is 1. The number of nitrogens with one attached hydrogen (secondary N) is 1. The zero-order valence-corrected chi connectivity index (χ0v) is 12.9. The van der Waals surface area contributed by atoms with Crippen LogP contribution in [0.25, 0.3) is 0 Å². The van der Waals surface area contributed by atoms with Gasteiger partial charge in [-0.3, -0.25) is 4.90 Å². The van der Waals surface area contributed by atoms with Gasteiger partial charge in [0.25, 0.3) is 0 Å². The van der Waals surface area contributed by atoms with Crippen LogP contribution in [0.1, 0.15) is 24.1 Å². The summed E-state index contributed by atoms with van der Waals surface area (Å²) in [7, 11) is 0. The van der Waals surface area contributed by atoms with Crippen molar-refractivity contribution >= 4 is 24.0 Å². The van der Waals surface area contributed by atoms with Crippen molar-refractivity contribution < 1.29 is 17.6 Å². The van der Waals surface area contributed by atoms with E-state index < -0.39 is 28.6 Å². The number of hydrogen-bond acceptors (Lipinski definition) is 2. The van der Waals surface area contributed by atoms with Crippen molar-refractivity contribution in [2.75, 3.05) is 26.2 Å². The van der Waals surface area contributed by atoms with Gasteiger partial charge in [0.2, 0.25) is 0 Å². The van der Waals surface area contributed by atoms with E-state index in [1.54, 1.807) is 6.92 Å². The summed E-state index contributed by atoms with van der Waals surface area (Å²) >= 11 is 5.60. The van der Waals surface area contributed by atoms with Crippen molar-refractivity contribution in [3.05, 3.63) is 34.1 Å². The summed E-state index contributed by atoms with van der Waals surface area (Å²) in [6.07, 6.45) is -4.53. The molecular formula is C13H16Cl2F4N2. The molecule has 1 aliphatic rings. The van der Waals surface area contributed by atoms with E-state index in [4.69, 9.17) is 11.6 Å². The Morgan fingerprint density at radius 1 is 1.24 bits per heavy atom. The molecule has 0 radical (unpaired) electrons. The van der Waals surface area contributed by atoms with Gasteiger partial charge in [-0.15, -0.1) is 12.4 Å². The number of halogens is 6. The standard InChI is InChI=1S/C13H15ClF4N2.ClH/c1-8(20-4-2-19-3-5-20)10-6-9(13(16,17)18)7-11(14)12(10)15;/h6-8,19H,2-5H2,1H3;1H/t8-;/m1./s1. The monoisotopic (exact) mass is 346 g/mol. The Labute approximate surface area is 131 Å². The molecule has 1 aromatic rings. The SMILES string of the molecule is C[C@H](c1cc(C(F)(F)F)cc(Cl)c1F)N1CCNCC1.Cl. The largest absolute Gasteiger partial charge is 0.416 e. The molecule has 2 nitrogen and oxygen atoms in total. The maximum atomic E-state index is 14.0. The topological polar surface area (TPSA) is 15.3 Å². The van der Waals surface area contributed by atoms with Crippen LogP contribution in [0.4, 0.5) is 17.6 Å². The Bertz CT molecular complexity index is 488. The molecule has 1 atom stereocenters. The summed E-state index contributed by atoms with van der Waals surface area (Å²) < 4.78 is 52.4. The fourth-order valence-corrected chi connectivity index (χ4v) is 2.57. The van der Waals surface area contributed by atoms with Gasteiger partial charge in [0, 0.05) is 37.8 Å². The molecule has 1 fully saturated rings. The van der Waals surface area contributed by atoms with E-state index in [9.17, 15) is 17.6 Å².